The molecule has 1 aromatic heterocycles. The number of fused-ring (bicyclic) bond motifs is 1. The van der Waals surface area contributed by atoms with Crippen LogP contribution < -0.4 is 10.6 Å². The van der Waals surface area contributed by atoms with E-state index in [0.717, 1.165) is 29.7 Å². The van der Waals surface area contributed by atoms with Gasteiger partial charge in [0.05, 0.1) is 23.7 Å². The average molecular weight is 438 g/mol. The van der Waals surface area contributed by atoms with E-state index in [1.54, 1.807) is 4.68 Å². The number of carbonyl (C=O) groups excluding carboxylic acids is 3. The van der Waals surface area contributed by atoms with Crippen molar-refractivity contribution in [1.82, 2.24) is 20.0 Å². The fourth-order valence-electron chi connectivity index (χ4n) is 5.79. The number of amides is 3. The number of benzene rings is 1. The van der Waals surface area contributed by atoms with Gasteiger partial charge in [-0.25, -0.2) is 0 Å². The quantitative estimate of drug-likeness (QED) is 0.717. The van der Waals surface area contributed by atoms with Crippen molar-refractivity contribution in [1.29, 1.82) is 0 Å². The van der Waals surface area contributed by atoms with Gasteiger partial charge in [0, 0.05) is 24.5 Å². The Balaban J connectivity index is 1.24. The molecule has 1 saturated carbocycles. The van der Waals surface area contributed by atoms with E-state index in [4.69, 9.17) is 0 Å². The largest absolute Gasteiger partial charge is 0.325 e. The van der Waals surface area contributed by atoms with Crippen LogP contribution in [-0.4, -0.2) is 52.0 Å². The van der Waals surface area contributed by atoms with Crippen molar-refractivity contribution in [2.75, 3.05) is 25.0 Å². The third-order valence-corrected chi connectivity index (χ3v) is 7.68. The first-order valence-electron chi connectivity index (χ1n) is 11.8. The zero-order valence-electron chi connectivity index (χ0n) is 18.7. The minimum atomic E-state index is -0.431. The van der Waals surface area contributed by atoms with E-state index in [9.17, 15) is 14.4 Å². The lowest BCUT2D eigenvalue weighted by Gasteiger charge is -2.39. The molecule has 2 aromatic rings. The van der Waals surface area contributed by atoms with Crippen LogP contribution in [0, 0.1) is 5.41 Å². The molecular formula is C24H31N5O3. The van der Waals surface area contributed by atoms with Gasteiger partial charge in [0.2, 0.25) is 17.7 Å². The first kappa shape index (κ1) is 21.1. The van der Waals surface area contributed by atoms with Crippen LogP contribution in [-0.2, 0) is 21.4 Å². The number of imide groups is 1. The Bertz CT molecular complexity index is 1060. The summed E-state index contributed by atoms with van der Waals surface area (Å²) in [5, 5.41) is 10.9. The van der Waals surface area contributed by atoms with Crippen molar-refractivity contribution in [3.63, 3.8) is 0 Å². The average Bonchev–Trinajstić information content (AvgIpc) is 3.35. The van der Waals surface area contributed by atoms with Crippen molar-refractivity contribution < 1.29 is 14.4 Å². The SMILES string of the molecule is Cn1nc(C2CCC(=O)NC2=O)c2ccc(NC(=O)CN3CCC4(CCCC4)CC3)cc21. The van der Waals surface area contributed by atoms with Crippen LogP contribution in [0.5, 0.6) is 0 Å². The summed E-state index contributed by atoms with van der Waals surface area (Å²) >= 11 is 0. The van der Waals surface area contributed by atoms with Gasteiger partial charge < -0.3 is 5.32 Å². The fraction of sp³-hybridized carbons (Fsp3) is 0.583. The second-order valence-corrected chi connectivity index (χ2v) is 9.78. The summed E-state index contributed by atoms with van der Waals surface area (Å²) in [6.07, 6.45) is 8.66. The van der Waals surface area contributed by atoms with E-state index in [1.165, 1.54) is 38.5 Å². The fourth-order valence-corrected chi connectivity index (χ4v) is 5.79. The molecule has 1 aromatic carbocycles. The third kappa shape index (κ3) is 4.03. The predicted molar refractivity (Wildman–Crippen MR) is 121 cm³/mol. The lowest BCUT2D eigenvalue weighted by Crippen LogP contribution is -2.42. The van der Waals surface area contributed by atoms with Crippen molar-refractivity contribution in [3.05, 3.63) is 23.9 Å². The Morgan fingerprint density at radius 1 is 1.19 bits per heavy atom. The molecule has 0 bridgehead atoms. The zero-order chi connectivity index (χ0) is 22.3. The number of rotatable bonds is 4. The van der Waals surface area contributed by atoms with Gasteiger partial charge in [0.15, 0.2) is 0 Å². The highest BCUT2D eigenvalue weighted by atomic mass is 16.2. The summed E-state index contributed by atoms with van der Waals surface area (Å²) in [6.45, 7) is 2.42. The molecule has 3 heterocycles. The molecule has 1 aliphatic carbocycles. The lowest BCUT2D eigenvalue weighted by molar-refractivity contribution is -0.134. The summed E-state index contributed by atoms with van der Waals surface area (Å²) in [5.74, 6) is -0.957. The number of aryl methyl sites for hydroxylation is 1. The number of likely N-dealkylation sites (tertiary alicyclic amines) is 1. The molecule has 3 amide bonds. The molecule has 5 rings (SSSR count). The highest BCUT2D eigenvalue weighted by Crippen LogP contribution is 2.46. The number of carbonyl (C=O) groups is 3. The Hall–Kier alpha value is -2.74. The number of piperidine rings is 2. The summed E-state index contributed by atoms with van der Waals surface area (Å²) in [4.78, 5) is 38.7. The number of hydrogen-bond acceptors (Lipinski definition) is 5. The zero-order valence-corrected chi connectivity index (χ0v) is 18.7. The van der Waals surface area contributed by atoms with E-state index in [2.05, 4.69) is 20.6 Å². The van der Waals surface area contributed by atoms with Crippen LogP contribution in [0.1, 0.15) is 63.0 Å². The van der Waals surface area contributed by atoms with Gasteiger partial charge >= 0.3 is 0 Å². The van der Waals surface area contributed by atoms with Crippen molar-refractivity contribution in [2.45, 2.75) is 57.3 Å². The molecule has 3 aliphatic rings. The molecule has 1 atom stereocenters. The van der Waals surface area contributed by atoms with E-state index in [0.29, 0.717) is 30.5 Å². The number of anilines is 1. The maximum absolute atomic E-state index is 12.7. The third-order valence-electron chi connectivity index (χ3n) is 7.68. The first-order chi connectivity index (χ1) is 15.4. The summed E-state index contributed by atoms with van der Waals surface area (Å²) in [6, 6.07) is 5.67. The van der Waals surface area contributed by atoms with Gasteiger partial charge in [-0.2, -0.15) is 5.10 Å². The van der Waals surface area contributed by atoms with Gasteiger partial charge in [0.25, 0.3) is 0 Å². The number of nitrogens with zero attached hydrogens (tertiary/aromatic N) is 3. The highest BCUT2D eigenvalue weighted by molar-refractivity contribution is 6.03. The summed E-state index contributed by atoms with van der Waals surface area (Å²) in [5.41, 5.74) is 2.81. The number of aromatic nitrogens is 2. The van der Waals surface area contributed by atoms with Gasteiger partial charge in [0.1, 0.15) is 0 Å². The van der Waals surface area contributed by atoms with Crippen LogP contribution in [0.15, 0.2) is 18.2 Å². The van der Waals surface area contributed by atoms with Crippen molar-refractivity contribution in [2.24, 2.45) is 12.5 Å². The molecule has 170 valence electrons. The second-order valence-electron chi connectivity index (χ2n) is 9.78. The number of hydrogen-bond donors (Lipinski definition) is 2. The molecule has 2 aliphatic heterocycles. The Morgan fingerprint density at radius 2 is 1.94 bits per heavy atom. The van der Waals surface area contributed by atoms with Crippen LogP contribution in [0.25, 0.3) is 10.9 Å². The number of nitrogens with one attached hydrogen (secondary N) is 2. The van der Waals surface area contributed by atoms with E-state index < -0.39 is 5.92 Å². The van der Waals surface area contributed by atoms with Crippen LogP contribution in [0.3, 0.4) is 0 Å². The van der Waals surface area contributed by atoms with E-state index in [1.807, 2.05) is 25.2 Å². The van der Waals surface area contributed by atoms with Crippen LogP contribution in [0.4, 0.5) is 5.69 Å². The second kappa shape index (κ2) is 8.31. The van der Waals surface area contributed by atoms with Gasteiger partial charge in [-0.15, -0.1) is 0 Å². The molecule has 2 saturated heterocycles. The Labute approximate surface area is 187 Å². The highest BCUT2D eigenvalue weighted by Gasteiger charge is 2.37. The molecule has 1 spiro atoms. The maximum atomic E-state index is 12.7. The van der Waals surface area contributed by atoms with E-state index in [-0.39, 0.29) is 17.7 Å². The molecular weight excluding hydrogens is 406 g/mol. The maximum Gasteiger partial charge on any atom is 0.238 e. The smallest absolute Gasteiger partial charge is 0.238 e. The molecule has 8 nitrogen and oxygen atoms in total. The molecule has 3 fully saturated rings. The summed E-state index contributed by atoms with van der Waals surface area (Å²) in [7, 11) is 1.83. The minimum absolute atomic E-state index is 0.000663. The van der Waals surface area contributed by atoms with Gasteiger partial charge in [-0.05, 0) is 68.8 Å². The van der Waals surface area contributed by atoms with E-state index >= 15 is 0 Å². The summed E-state index contributed by atoms with van der Waals surface area (Å²) < 4.78 is 1.73. The topological polar surface area (TPSA) is 96.3 Å². The molecule has 1 unspecified atom stereocenters. The first-order valence-corrected chi connectivity index (χ1v) is 11.8. The van der Waals surface area contributed by atoms with Gasteiger partial charge in [-0.1, -0.05) is 12.8 Å². The van der Waals surface area contributed by atoms with Crippen LogP contribution in [0.2, 0.25) is 0 Å². The molecule has 8 heteroatoms. The lowest BCUT2D eigenvalue weighted by atomic mass is 9.77. The van der Waals surface area contributed by atoms with Gasteiger partial charge in [-0.3, -0.25) is 29.3 Å². The minimum Gasteiger partial charge on any atom is -0.325 e. The normalized spacial score (nSPS) is 23.6. The Morgan fingerprint density at radius 3 is 2.66 bits per heavy atom. The molecule has 2 N–H and O–H groups in total. The van der Waals surface area contributed by atoms with Crippen molar-refractivity contribution in [3.8, 4) is 0 Å². The predicted octanol–water partition coefficient (Wildman–Crippen LogP) is 2.69. The van der Waals surface area contributed by atoms with Crippen molar-refractivity contribution >= 4 is 34.3 Å². The van der Waals surface area contributed by atoms with Crippen LogP contribution >= 0.6 is 0 Å². The molecule has 32 heavy (non-hydrogen) atoms. The molecule has 0 radical (unpaired) electrons. The monoisotopic (exact) mass is 437 g/mol. The standard InChI is InChI=1S/C24H31N5O3/c1-28-19-14-16(4-5-17(19)22(27-28)18-6-7-20(30)26-23(18)32)25-21(31)15-29-12-10-24(11-13-29)8-2-3-9-24/h4-5,14,18H,2-3,6-13,15H2,1H3,(H,25,31)(H,26,30,32). The Kier molecular flexibility index (Phi) is 5.49.